The van der Waals surface area contributed by atoms with Gasteiger partial charge in [-0.1, -0.05) is 0 Å². The number of carbonyl (C=O) groups excluding carboxylic acids is 1. The van der Waals surface area contributed by atoms with Crippen LogP contribution in [0.25, 0.3) is 0 Å². The molecule has 0 saturated heterocycles. The Morgan fingerprint density at radius 3 is 2.67 bits per heavy atom. The molecule has 2 atom stereocenters. The maximum Gasteiger partial charge on any atom is 0.356 e. The van der Waals surface area contributed by atoms with Gasteiger partial charge in [0.25, 0.3) is 0 Å². The highest BCUT2D eigenvalue weighted by atomic mass is 16.6. The van der Waals surface area contributed by atoms with Gasteiger partial charge in [0.05, 0.1) is 0 Å². The number of rotatable bonds is 2. The molecule has 0 aromatic carbocycles. The summed E-state index contributed by atoms with van der Waals surface area (Å²) in [6, 6.07) is 0.0486. The molecule has 1 rings (SSSR count). The van der Waals surface area contributed by atoms with Crippen LogP contribution in [0.15, 0.2) is 17.1 Å². The molecule has 0 N–H and O–H groups in total. The molecule has 1 aliphatic rings. The molecular formula is C11H13N3O4. The van der Waals surface area contributed by atoms with E-state index in [1.165, 1.54) is 18.4 Å². The lowest BCUT2D eigenvalue weighted by Gasteiger charge is -2.26. The van der Waals surface area contributed by atoms with Crippen molar-refractivity contribution in [2.75, 3.05) is 0 Å². The van der Waals surface area contributed by atoms with Crippen molar-refractivity contribution in [3.63, 3.8) is 0 Å². The highest BCUT2D eigenvalue weighted by molar-refractivity contribution is 5.85. The zero-order valence-corrected chi connectivity index (χ0v) is 10.3. The van der Waals surface area contributed by atoms with Gasteiger partial charge < -0.3 is 4.74 Å². The molecule has 0 radical (unpaired) electrons. The number of esters is 1. The van der Waals surface area contributed by atoms with E-state index in [4.69, 9.17) is 10.00 Å². The van der Waals surface area contributed by atoms with E-state index in [1.54, 1.807) is 20.8 Å². The van der Waals surface area contributed by atoms with Gasteiger partial charge in [0.15, 0.2) is 6.07 Å². The summed E-state index contributed by atoms with van der Waals surface area (Å²) < 4.78 is 5.04. The average Bonchev–Trinajstić information content (AvgIpc) is 2.26. The molecular weight excluding hydrogens is 238 g/mol. The van der Waals surface area contributed by atoms with Crippen molar-refractivity contribution in [1.29, 1.82) is 5.26 Å². The van der Waals surface area contributed by atoms with Crippen LogP contribution in [0.2, 0.25) is 0 Å². The number of hydrogen-bond acceptors (Lipinski definition) is 6. The van der Waals surface area contributed by atoms with Crippen molar-refractivity contribution in [3.8, 4) is 6.07 Å². The van der Waals surface area contributed by atoms with Gasteiger partial charge >= 0.3 is 11.5 Å². The van der Waals surface area contributed by atoms with Crippen LogP contribution < -0.4 is 0 Å². The van der Waals surface area contributed by atoms with E-state index in [9.17, 15) is 14.9 Å². The van der Waals surface area contributed by atoms with Gasteiger partial charge in [-0.15, -0.1) is 0 Å². The molecule has 96 valence electrons. The van der Waals surface area contributed by atoms with Crippen molar-refractivity contribution in [1.82, 2.24) is 0 Å². The average molecular weight is 251 g/mol. The van der Waals surface area contributed by atoms with Crippen molar-refractivity contribution in [3.05, 3.63) is 22.3 Å². The molecule has 0 bridgehead atoms. The summed E-state index contributed by atoms with van der Waals surface area (Å²) in [5, 5.41) is 20.0. The lowest BCUT2D eigenvalue weighted by Crippen LogP contribution is -2.52. The summed E-state index contributed by atoms with van der Waals surface area (Å²) in [4.78, 5) is 25.8. The molecule has 1 aliphatic heterocycles. The molecule has 7 heteroatoms. The van der Waals surface area contributed by atoms with E-state index in [-0.39, 0.29) is 0 Å². The molecule has 0 saturated carbocycles. The maximum atomic E-state index is 11.9. The second kappa shape index (κ2) is 4.56. The fraction of sp³-hybridized carbons (Fsp3) is 0.545. The summed E-state index contributed by atoms with van der Waals surface area (Å²) in [7, 11) is 0. The van der Waals surface area contributed by atoms with Crippen LogP contribution in [-0.4, -0.2) is 34.3 Å². The molecule has 2 unspecified atom stereocenters. The molecule has 1 heterocycles. The molecule has 0 aromatic heterocycles. The van der Waals surface area contributed by atoms with Crippen LogP contribution in [0.3, 0.4) is 0 Å². The highest BCUT2D eigenvalue weighted by Gasteiger charge is 2.55. The van der Waals surface area contributed by atoms with Crippen LogP contribution in [0.5, 0.6) is 0 Å². The van der Waals surface area contributed by atoms with E-state index >= 15 is 0 Å². The third-order valence-electron chi connectivity index (χ3n) is 2.20. The van der Waals surface area contributed by atoms with Crippen LogP contribution >= 0.6 is 0 Å². The molecule has 0 spiro atoms. The largest absolute Gasteiger partial charge is 0.458 e. The second-order valence-electron chi connectivity index (χ2n) is 4.79. The Hall–Kier alpha value is -2.23. The number of nitriles is 1. The third kappa shape index (κ3) is 2.53. The predicted octanol–water partition coefficient (Wildman–Crippen LogP) is 0.876. The number of ether oxygens (including phenoxy) is 1. The Labute approximate surface area is 104 Å². The molecule has 18 heavy (non-hydrogen) atoms. The van der Waals surface area contributed by atoms with Crippen molar-refractivity contribution in [2.24, 2.45) is 4.99 Å². The van der Waals surface area contributed by atoms with Gasteiger partial charge in [-0.25, -0.2) is 4.79 Å². The minimum absolute atomic E-state index is 0.800. The minimum Gasteiger partial charge on any atom is -0.458 e. The lowest BCUT2D eigenvalue weighted by atomic mass is 9.90. The number of aliphatic imine (C=N–C) groups is 1. The van der Waals surface area contributed by atoms with Crippen molar-refractivity contribution < 1.29 is 14.5 Å². The number of dihydropyridines is 1. The molecule has 7 nitrogen and oxygen atoms in total. The maximum absolute atomic E-state index is 11.9. The van der Waals surface area contributed by atoms with Crippen LogP contribution in [0.1, 0.15) is 20.8 Å². The summed E-state index contributed by atoms with van der Waals surface area (Å²) in [6.45, 7) is 4.90. The summed E-state index contributed by atoms with van der Waals surface area (Å²) in [6.07, 6.45) is 3.56. The van der Waals surface area contributed by atoms with Crippen LogP contribution in [-0.2, 0) is 9.53 Å². The Morgan fingerprint density at radius 1 is 1.61 bits per heavy atom. The monoisotopic (exact) mass is 251 g/mol. The quantitative estimate of drug-likeness (QED) is 0.411. The molecule has 0 fully saturated rings. The van der Waals surface area contributed by atoms with Crippen molar-refractivity contribution in [2.45, 2.75) is 38.0 Å². The van der Waals surface area contributed by atoms with Crippen LogP contribution in [0, 0.1) is 21.4 Å². The topological polar surface area (TPSA) is 106 Å². The third-order valence-corrected chi connectivity index (χ3v) is 2.20. The standard InChI is InChI=1S/C11H13N3O4/c1-10(2,3)18-9(15)8-11(7-12,14(16)17)5-4-6-13-8/h4-6,8H,1-3H3. The zero-order chi connectivity index (χ0) is 14.0. The number of allylic oxidation sites excluding steroid dienone is 1. The first-order valence-corrected chi connectivity index (χ1v) is 5.22. The number of nitro groups is 1. The summed E-state index contributed by atoms with van der Waals surface area (Å²) >= 11 is 0. The van der Waals surface area contributed by atoms with Gasteiger partial charge in [-0.3, -0.25) is 15.1 Å². The predicted molar refractivity (Wildman–Crippen MR) is 62.6 cm³/mol. The Balaban J connectivity index is 3.10. The van der Waals surface area contributed by atoms with Gasteiger partial charge in [-0.2, -0.15) is 5.26 Å². The first-order chi connectivity index (χ1) is 8.23. The normalized spacial score (nSPS) is 26.4. The zero-order valence-electron chi connectivity index (χ0n) is 10.3. The molecule has 0 amide bonds. The van der Waals surface area contributed by atoms with E-state index in [2.05, 4.69) is 4.99 Å². The van der Waals surface area contributed by atoms with Gasteiger partial charge in [-0.05, 0) is 26.8 Å². The van der Waals surface area contributed by atoms with E-state index in [1.807, 2.05) is 0 Å². The van der Waals surface area contributed by atoms with Gasteiger partial charge in [0.2, 0.25) is 6.04 Å². The van der Waals surface area contributed by atoms with E-state index < -0.39 is 28.1 Å². The fourth-order valence-corrected chi connectivity index (χ4v) is 1.43. The first kappa shape index (κ1) is 13.8. The number of nitrogens with zero attached hydrogens (tertiary/aromatic N) is 3. The van der Waals surface area contributed by atoms with E-state index in [0.717, 1.165) is 6.08 Å². The smallest absolute Gasteiger partial charge is 0.356 e. The number of hydrogen-bond donors (Lipinski definition) is 0. The fourth-order valence-electron chi connectivity index (χ4n) is 1.43. The molecule has 0 aromatic rings. The first-order valence-electron chi connectivity index (χ1n) is 5.22. The molecule has 0 aliphatic carbocycles. The Morgan fingerprint density at radius 2 is 2.22 bits per heavy atom. The Kier molecular flexibility index (Phi) is 3.51. The lowest BCUT2D eigenvalue weighted by molar-refractivity contribution is -0.539. The second-order valence-corrected chi connectivity index (χ2v) is 4.79. The van der Waals surface area contributed by atoms with Crippen LogP contribution in [0.4, 0.5) is 0 Å². The SMILES string of the molecule is CC(C)(C)OC(=O)C1N=CC=CC1(C#N)[N+](=O)[O-]. The summed E-state index contributed by atoms with van der Waals surface area (Å²) in [5.41, 5.74) is -3.00. The van der Waals surface area contributed by atoms with Gasteiger partial charge in [0, 0.05) is 17.2 Å². The minimum atomic E-state index is -2.20. The van der Waals surface area contributed by atoms with Gasteiger partial charge in [0.1, 0.15) is 5.60 Å². The van der Waals surface area contributed by atoms with E-state index in [0.29, 0.717) is 0 Å². The Bertz CT molecular complexity index is 470. The summed E-state index contributed by atoms with van der Waals surface area (Å²) in [5.74, 6) is -0.888. The highest BCUT2D eigenvalue weighted by Crippen LogP contribution is 2.25. The van der Waals surface area contributed by atoms with Crippen molar-refractivity contribution >= 4 is 12.2 Å². The number of carbonyl (C=O) groups is 1.